The van der Waals surface area contributed by atoms with Crippen molar-refractivity contribution < 1.29 is 19.1 Å². The van der Waals surface area contributed by atoms with E-state index in [9.17, 15) is 14.4 Å². The van der Waals surface area contributed by atoms with E-state index in [-0.39, 0.29) is 24.6 Å². The van der Waals surface area contributed by atoms with Crippen LogP contribution in [0.4, 0.5) is 0 Å². The van der Waals surface area contributed by atoms with Gasteiger partial charge in [0.25, 0.3) is 0 Å². The Labute approximate surface area is 107 Å². The molecule has 0 radical (unpaired) electrons. The predicted octanol–water partition coefficient (Wildman–Crippen LogP) is 2.05. The van der Waals surface area contributed by atoms with Crippen LogP contribution in [0.1, 0.15) is 51.9 Å². The molecule has 1 unspecified atom stereocenters. The lowest BCUT2D eigenvalue weighted by Crippen LogP contribution is -2.48. The lowest BCUT2D eigenvalue weighted by molar-refractivity contribution is -0.162. The van der Waals surface area contributed by atoms with Crippen molar-refractivity contribution in [2.75, 3.05) is 6.61 Å². The first-order valence-electron chi connectivity index (χ1n) is 6.80. The first-order valence-corrected chi connectivity index (χ1v) is 6.80. The fraction of sp³-hybridized carbons (Fsp3) is 0.786. The average molecular weight is 252 g/mol. The van der Waals surface area contributed by atoms with Crippen LogP contribution in [0, 0.1) is 11.3 Å². The van der Waals surface area contributed by atoms with Crippen molar-refractivity contribution in [3.8, 4) is 0 Å². The summed E-state index contributed by atoms with van der Waals surface area (Å²) in [6.45, 7) is 2.02. The van der Waals surface area contributed by atoms with Gasteiger partial charge in [-0.3, -0.25) is 14.4 Å². The van der Waals surface area contributed by atoms with E-state index in [1.165, 1.54) is 0 Å². The second kappa shape index (κ2) is 5.21. The van der Waals surface area contributed by atoms with E-state index in [0.29, 0.717) is 6.42 Å². The van der Waals surface area contributed by atoms with Crippen LogP contribution < -0.4 is 0 Å². The van der Waals surface area contributed by atoms with Gasteiger partial charge in [-0.2, -0.15) is 0 Å². The van der Waals surface area contributed by atoms with Crippen molar-refractivity contribution in [3.05, 3.63) is 0 Å². The van der Waals surface area contributed by atoms with E-state index in [1.54, 1.807) is 6.92 Å². The minimum absolute atomic E-state index is 0.0116. The largest absolute Gasteiger partial charge is 0.465 e. The van der Waals surface area contributed by atoms with Gasteiger partial charge in [-0.1, -0.05) is 19.3 Å². The van der Waals surface area contributed by atoms with Gasteiger partial charge >= 0.3 is 5.97 Å². The molecule has 0 bridgehead atoms. The molecule has 0 aromatic rings. The maximum absolute atomic E-state index is 12.1. The predicted molar refractivity (Wildman–Crippen MR) is 64.9 cm³/mol. The lowest BCUT2D eigenvalue weighted by Gasteiger charge is -2.43. The van der Waals surface area contributed by atoms with E-state index in [2.05, 4.69) is 0 Å². The number of esters is 1. The third-order valence-electron chi connectivity index (χ3n) is 4.23. The van der Waals surface area contributed by atoms with Gasteiger partial charge in [0, 0.05) is 6.42 Å². The topological polar surface area (TPSA) is 60.4 Å². The van der Waals surface area contributed by atoms with E-state index in [4.69, 9.17) is 4.74 Å². The number of ketones is 2. The molecule has 2 rings (SSSR count). The maximum Gasteiger partial charge on any atom is 0.317 e. The summed E-state index contributed by atoms with van der Waals surface area (Å²) in [5.74, 6) is -1.36. The standard InChI is InChI=1S/C14H20O4/c1-2-18-13(17)12-11(16)8-10(15)9-14(12)6-4-3-5-7-14/h12H,2-9H2,1H3. The van der Waals surface area contributed by atoms with E-state index < -0.39 is 17.3 Å². The highest BCUT2D eigenvalue weighted by atomic mass is 16.5. The summed E-state index contributed by atoms with van der Waals surface area (Å²) < 4.78 is 5.04. The van der Waals surface area contributed by atoms with E-state index in [1.807, 2.05) is 0 Å². The molecule has 0 aliphatic heterocycles. The molecule has 2 fully saturated rings. The highest BCUT2D eigenvalue weighted by Crippen LogP contribution is 2.49. The second-order valence-corrected chi connectivity index (χ2v) is 5.47. The third kappa shape index (κ3) is 2.33. The van der Waals surface area contributed by atoms with E-state index in [0.717, 1.165) is 32.1 Å². The molecule has 0 aromatic carbocycles. The van der Waals surface area contributed by atoms with Crippen molar-refractivity contribution >= 4 is 17.5 Å². The highest BCUT2D eigenvalue weighted by Gasteiger charge is 2.52. The fourth-order valence-electron chi connectivity index (χ4n) is 3.52. The highest BCUT2D eigenvalue weighted by molar-refractivity contribution is 6.11. The van der Waals surface area contributed by atoms with Gasteiger partial charge in [0.2, 0.25) is 0 Å². The number of hydrogen-bond acceptors (Lipinski definition) is 4. The summed E-state index contributed by atoms with van der Waals surface area (Å²) in [5, 5.41) is 0. The number of rotatable bonds is 2. The molecule has 0 heterocycles. The third-order valence-corrected chi connectivity index (χ3v) is 4.23. The summed E-state index contributed by atoms with van der Waals surface area (Å²) in [4.78, 5) is 35.8. The molecule has 1 atom stereocenters. The van der Waals surface area contributed by atoms with Gasteiger partial charge in [0.1, 0.15) is 11.7 Å². The zero-order valence-electron chi connectivity index (χ0n) is 10.9. The van der Waals surface area contributed by atoms with Crippen LogP contribution in [0.15, 0.2) is 0 Å². The molecule has 0 saturated heterocycles. The van der Waals surface area contributed by atoms with Crippen molar-refractivity contribution in [1.82, 2.24) is 0 Å². The molecule has 1 spiro atoms. The summed E-state index contributed by atoms with van der Waals surface area (Å²) in [6.07, 6.45) is 5.00. The number of carbonyl (C=O) groups is 3. The molecule has 100 valence electrons. The molecule has 4 heteroatoms. The molecule has 2 aliphatic carbocycles. The summed E-state index contributed by atoms with van der Waals surface area (Å²) in [7, 11) is 0. The second-order valence-electron chi connectivity index (χ2n) is 5.47. The molecular weight excluding hydrogens is 232 g/mol. The van der Waals surface area contributed by atoms with Crippen molar-refractivity contribution in [3.63, 3.8) is 0 Å². The SMILES string of the molecule is CCOC(=O)C1C(=O)CC(=O)CC12CCCCC2. The van der Waals surface area contributed by atoms with Crippen LogP contribution in [0.2, 0.25) is 0 Å². The van der Waals surface area contributed by atoms with Gasteiger partial charge in [0.15, 0.2) is 5.78 Å². The smallest absolute Gasteiger partial charge is 0.317 e. The summed E-state index contributed by atoms with van der Waals surface area (Å²) in [6, 6.07) is 0. The summed E-state index contributed by atoms with van der Waals surface area (Å²) in [5.41, 5.74) is -0.434. The average Bonchev–Trinajstić information content (AvgIpc) is 2.28. The molecule has 0 N–H and O–H groups in total. The van der Waals surface area contributed by atoms with Crippen molar-refractivity contribution in [1.29, 1.82) is 0 Å². The molecule has 0 aromatic heterocycles. The fourth-order valence-corrected chi connectivity index (χ4v) is 3.52. The van der Waals surface area contributed by atoms with Crippen LogP contribution in [-0.4, -0.2) is 24.1 Å². The van der Waals surface area contributed by atoms with Crippen LogP contribution in [-0.2, 0) is 19.1 Å². The van der Waals surface area contributed by atoms with Gasteiger partial charge in [0.05, 0.1) is 13.0 Å². The van der Waals surface area contributed by atoms with E-state index >= 15 is 0 Å². The molecule has 4 nitrogen and oxygen atoms in total. The number of ether oxygens (including phenoxy) is 1. The quantitative estimate of drug-likeness (QED) is 0.557. The minimum Gasteiger partial charge on any atom is -0.465 e. The Morgan fingerprint density at radius 3 is 2.56 bits per heavy atom. The Bertz CT molecular complexity index is 366. The van der Waals surface area contributed by atoms with Gasteiger partial charge in [-0.15, -0.1) is 0 Å². The molecule has 2 aliphatic rings. The van der Waals surface area contributed by atoms with Crippen molar-refractivity contribution in [2.45, 2.75) is 51.9 Å². The number of Topliss-reactive ketones (excluding diaryl/α,β-unsaturated/α-hetero) is 2. The Morgan fingerprint density at radius 1 is 1.28 bits per heavy atom. The van der Waals surface area contributed by atoms with Crippen LogP contribution in [0.3, 0.4) is 0 Å². The van der Waals surface area contributed by atoms with Crippen LogP contribution >= 0.6 is 0 Å². The Kier molecular flexibility index (Phi) is 3.83. The van der Waals surface area contributed by atoms with Gasteiger partial charge in [-0.05, 0) is 25.2 Å². The number of hydrogen-bond donors (Lipinski definition) is 0. The first-order chi connectivity index (χ1) is 8.59. The first kappa shape index (κ1) is 13.2. The maximum atomic E-state index is 12.1. The normalized spacial score (nSPS) is 27.3. The molecular formula is C14H20O4. The Morgan fingerprint density at radius 2 is 1.94 bits per heavy atom. The van der Waals surface area contributed by atoms with Gasteiger partial charge in [-0.25, -0.2) is 0 Å². The van der Waals surface area contributed by atoms with Crippen molar-refractivity contribution in [2.24, 2.45) is 11.3 Å². The zero-order valence-corrected chi connectivity index (χ0v) is 10.9. The molecule has 0 amide bonds. The minimum atomic E-state index is -0.699. The monoisotopic (exact) mass is 252 g/mol. The van der Waals surface area contributed by atoms with Gasteiger partial charge < -0.3 is 4.74 Å². The Balaban J connectivity index is 2.27. The number of carbonyl (C=O) groups excluding carboxylic acids is 3. The Hall–Kier alpha value is -1.19. The molecule has 2 saturated carbocycles. The summed E-state index contributed by atoms with van der Waals surface area (Å²) >= 11 is 0. The van der Waals surface area contributed by atoms with Crippen LogP contribution in [0.25, 0.3) is 0 Å². The zero-order chi connectivity index (χ0) is 13.2. The molecule has 18 heavy (non-hydrogen) atoms. The van der Waals surface area contributed by atoms with Crippen LogP contribution in [0.5, 0.6) is 0 Å². The lowest BCUT2D eigenvalue weighted by atomic mass is 9.58.